The van der Waals surface area contributed by atoms with Crippen LogP contribution in [0.2, 0.25) is 0 Å². The van der Waals surface area contributed by atoms with E-state index in [1.807, 2.05) is 43.3 Å². The van der Waals surface area contributed by atoms with Gasteiger partial charge in [-0.25, -0.2) is 9.49 Å². The van der Waals surface area contributed by atoms with Gasteiger partial charge in [0, 0.05) is 38.0 Å². The van der Waals surface area contributed by atoms with Gasteiger partial charge in [0.25, 0.3) is 11.5 Å². The van der Waals surface area contributed by atoms with Gasteiger partial charge in [0.15, 0.2) is 0 Å². The number of rotatable bonds is 5. The number of aromatic amines is 1. The molecule has 7 nitrogen and oxygen atoms in total. The molecule has 1 aromatic heterocycles. The number of halogens is 1. The van der Waals surface area contributed by atoms with Gasteiger partial charge in [-0.15, -0.1) is 0 Å². The molecule has 1 fully saturated rings. The highest BCUT2D eigenvalue weighted by Gasteiger charge is 2.26. The fourth-order valence-electron chi connectivity index (χ4n) is 4.67. The average Bonchev–Trinajstić information content (AvgIpc) is 2.92. The minimum Gasteiger partial charge on any atom is -0.339 e. The number of piperazine rings is 1. The molecule has 0 spiro atoms. The Morgan fingerprint density at radius 1 is 0.892 bits per heavy atom. The fraction of sp³-hybridized carbons (Fsp3) is 0.241. The summed E-state index contributed by atoms with van der Waals surface area (Å²) in [5.41, 5.74) is 3.17. The Morgan fingerprint density at radius 2 is 1.54 bits per heavy atom. The first kappa shape index (κ1) is 24.4. The van der Waals surface area contributed by atoms with Crippen LogP contribution in [0, 0.1) is 12.7 Å². The van der Waals surface area contributed by atoms with Crippen molar-refractivity contribution in [3.63, 3.8) is 0 Å². The average molecular weight is 499 g/mol. The first-order valence-electron chi connectivity index (χ1n) is 12.3. The van der Waals surface area contributed by atoms with Crippen LogP contribution in [-0.4, -0.2) is 58.0 Å². The molecule has 37 heavy (non-hydrogen) atoms. The predicted molar refractivity (Wildman–Crippen MR) is 139 cm³/mol. The number of hydrogen-bond donors (Lipinski definition) is 1. The number of fused-ring (bicyclic) bond motifs is 1. The molecule has 8 heteroatoms. The van der Waals surface area contributed by atoms with E-state index in [-0.39, 0.29) is 17.0 Å². The summed E-state index contributed by atoms with van der Waals surface area (Å²) in [6.07, 6.45) is 0.650. The molecule has 5 rings (SSSR count). The minimum absolute atomic E-state index is 0.00865. The van der Waals surface area contributed by atoms with E-state index in [1.165, 1.54) is 6.07 Å². The molecule has 1 N–H and O–H groups in total. The molecule has 0 atom stereocenters. The van der Waals surface area contributed by atoms with Crippen molar-refractivity contribution >= 4 is 22.6 Å². The maximum Gasteiger partial charge on any atom is 0.272 e. The van der Waals surface area contributed by atoms with Crippen molar-refractivity contribution < 1.29 is 14.0 Å². The second kappa shape index (κ2) is 10.3. The van der Waals surface area contributed by atoms with Gasteiger partial charge in [0.1, 0.15) is 5.82 Å². The molecule has 0 radical (unpaired) electrons. The van der Waals surface area contributed by atoms with Gasteiger partial charge in [0.2, 0.25) is 5.91 Å². The lowest BCUT2D eigenvalue weighted by Crippen LogP contribution is -2.51. The maximum atomic E-state index is 14.7. The quantitative estimate of drug-likeness (QED) is 0.457. The van der Waals surface area contributed by atoms with Crippen LogP contribution in [0.1, 0.15) is 32.7 Å². The van der Waals surface area contributed by atoms with E-state index in [1.54, 1.807) is 34.1 Å². The molecule has 3 aromatic carbocycles. The van der Waals surface area contributed by atoms with Crippen molar-refractivity contribution in [1.82, 2.24) is 20.0 Å². The van der Waals surface area contributed by atoms with Gasteiger partial charge in [-0.1, -0.05) is 54.1 Å². The molecule has 1 saturated heterocycles. The number of amides is 2. The highest BCUT2D eigenvalue weighted by atomic mass is 19.1. The summed E-state index contributed by atoms with van der Waals surface area (Å²) in [6.45, 7) is 3.50. The Hall–Kier alpha value is -4.33. The molecule has 1 aliphatic rings. The summed E-state index contributed by atoms with van der Waals surface area (Å²) in [4.78, 5) is 41.3. The zero-order valence-electron chi connectivity index (χ0n) is 20.5. The molecule has 0 bridgehead atoms. The van der Waals surface area contributed by atoms with Crippen LogP contribution >= 0.6 is 0 Å². The van der Waals surface area contributed by atoms with E-state index < -0.39 is 11.7 Å². The van der Waals surface area contributed by atoms with Crippen molar-refractivity contribution in [2.75, 3.05) is 26.2 Å². The van der Waals surface area contributed by atoms with Crippen LogP contribution in [0.5, 0.6) is 0 Å². The third-order valence-electron chi connectivity index (χ3n) is 6.80. The summed E-state index contributed by atoms with van der Waals surface area (Å²) < 4.78 is 14.7. The fourth-order valence-corrected chi connectivity index (χ4v) is 4.67. The second-order valence-corrected chi connectivity index (χ2v) is 9.37. The van der Waals surface area contributed by atoms with Gasteiger partial charge in [-0.3, -0.25) is 14.4 Å². The monoisotopic (exact) mass is 498 g/mol. The number of aromatic nitrogens is 2. The summed E-state index contributed by atoms with van der Waals surface area (Å²) in [6, 6.07) is 19.5. The molecule has 4 aromatic rings. The summed E-state index contributed by atoms with van der Waals surface area (Å²) >= 11 is 0. The maximum absolute atomic E-state index is 14.7. The third-order valence-corrected chi connectivity index (χ3v) is 6.80. The van der Waals surface area contributed by atoms with Gasteiger partial charge in [-0.05, 0) is 36.2 Å². The Kier molecular flexibility index (Phi) is 6.81. The zero-order valence-corrected chi connectivity index (χ0v) is 20.5. The Balaban J connectivity index is 1.26. The van der Waals surface area contributed by atoms with E-state index in [0.29, 0.717) is 55.7 Å². The topological polar surface area (TPSA) is 86.4 Å². The van der Waals surface area contributed by atoms with Crippen LogP contribution in [0.15, 0.2) is 71.5 Å². The summed E-state index contributed by atoms with van der Waals surface area (Å²) in [5, 5.41) is 7.94. The lowest BCUT2D eigenvalue weighted by atomic mass is 10.0. The van der Waals surface area contributed by atoms with Crippen molar-refractivity contribution in [2.24, 2.45) is 0 Å². The van der Waals surface area contributed by atoms with Crippen LogP contribution in [-0.2, 0) is 17.6 Å². The van der Waals surface area contributed by atoms with E-state index in [0.717, 1.165) is 16.5 Å². The lowest BCUT2D eigenvalue weighted by molar-refractivity contribution is -0.131. The number of hydrogen-bond acceptors (Lipinski definition) is 4. The Labute approximate surface area is 213 Å². The number of benzene rings is 3. The van der Waals surface area contributed by atoms with Gasteiger partial charge in [0.05, 0.1) is 23.1 Å². The Bertz CT molecular complexity index is 1520. The molecule has 1 aliphatic heterocycles. The van der Waals surface area contributed by atoms with E-state index >= 15 is 0 Å². The van der Waals surface area contributed by atoms with E-state index in [4.69, 9.17) is 0 Å². The largest absolute Gasteiger partial charge is 0.339 e. The van der Waals surface area contributed by atoms with Crippen LogP contribution in [0.4, 0.5) is 4.39 Å². The zero-order chi connectivity index (χ0) is 25.9. The van der Waals surface area contributed by atoms with E-state index in [9.17, 15) is 18.8 Å². The first-order chi connectivity index (χ1) is 17.9. The number of H-pyrrole nitrogens is 1. The highest BCUT2D eigenvalue weighted by Crippen LogP contribution is 2.20. The first-order valence-corrected chi connectivity index (χ1v) is 12.3. The third kappa shape index (κ3) is 5.28. The number of aryl methyl sites for hydroxylation is 1. The van der Waals surface area contributed by atoms with Crippen molar-refractivity contribution in [1.29, 1.82) is 0 Å². The van der Waals surface area contributed by atoms with Crippen molar-refractivity contribution in [3.8, 4) is 0 Å². The number of nitrogens with zero attached hydrogens (tertiary/aromatic N) is 3. The molecule has 0 aliphatic carbocycles. The van der Waals surface area contributed by atoms with Crippen LogP contribution in [0.25, 0.3) is 10.8 Å². The summed E-state index contributed by atoms with van der Waals surface area (Å²) in [5.74, 6) is -0.972. The molecular weight excluding hydrogens is 471 g/mol. The number of nitrogens with one attached hydrogen (secondary N) is 1. The lowest BCUT2D eigenvalue weighted by Gasteiger charge is -2.35. The second-order valence-electron chi connectivity index (χ2n) is 9.37. The normalized spacial score (nSPS) is 13.7. The number of carbonyl (C=O) groups is 2. The molecule has 188 valence electrons. The van der Waals surface area contributed by atoms with Crippen LogP contribution < -0.4 is 5.56 Å². The van der Waals surface area contributed by atoms with Gasteiger partial charge in [-0.2, -0.15) is 5.10 Å². The van der Waals surface area contributed by atoms with Crippen molar-refractivity contribution in [2.45, 2.75) is 19.8 Å². The SMILES string of the molecule is Cc1ccc(CC(=O)N2CCN(C(=O)c3cc(Cc4n[nH]c(=O)c5ccccc45)ccc3F)CC2)cc1. The van der Waals surface area contributed by atoms with Gasteiger partial charge < -0.3 is 9.80 Å². The Morgan fingerprint density at radius 3 is 2.27 bits per heavy atom. The van der Waals surface area contributed by atoms with Crippen LogP contribution in [0.3, 0.4) is 0 Å². The molecule has 2 amide bonds. The highest BCUT2D eigenvalue weighted by molar-refractivity contribution is 5.95. The van der Waals surface area contributed by atoms with E-state index in [2.05, 4.69) is 10.2 Å². The minimum atomic E-state index is -0.592. The molecule has 0 unspecified atom stereocenters. The van der Waals surface area contributed by atoms with Gasteiger partial charge >= 0.3 is 0 Å². The standard InChI is InChI=1S/C29H27FN4O3/c1-19-6-8-20(9-7-19)18-27(35)33-12-14-34(15-13-33)29(37)24-16-21(10-11-25(24)30)17-26-22-4-2-3-5-23(22)28(36)32-31-26/h2-11,16H,12-15,17-18H2,1H3,(H,32,36). The number of carbonyl (C=O) groups excluding carboxylic acids is 2. The smallest absolute Gasteiger partial charge is 0.272 e. The molecule has 2 heterocycles. The van der Waals surface area contributed by atoms with Crippen molar-refractivity contribution in [3.05, 3.63) is 111 Å². The predicted octanol–water partition coefficient (Wildman–Crippen LogP) is 3.49. The summed E-state index contributed by atoms with van der Waals surface area (Å²) in [7, 11) is 0. The molecular formula is C29H27FN4O3. The molecule has 0 saturated carbocycles.